The number of carbonyl (C=O) groups is 2. The average Bonchev–Trinajstić information content (AvgIpc) is 3.08. The topological polar surface area (TPSA) is 49.4 Å². The highest BCUT2D eigenvalue weighted by Gasteiger charge is 2.45. The van der Waals surface area contributed by atoms with Crippen LogP contribution in [0.3, 0.4) is 0 Å². The minimum atomic E-state index is -0.571. The van der Waals surface area contributed by atoms with Gasteiger partial charge in [-0.2, -0.15) is 0 Å². The van der Waals surface area contributed by atoms with Gasteiger partial charge >= 0.3 is 0 Å². The highest BCUT2D eigenvalue weighted by atomic mass is 16.2. The van der Waals surface area contributed by atoms with Gasteiger partial charge in [0.15, 0.2) is 0 Å². The number of hydrogen-bond acceptors (Lipinski definition) is 3. The van der Waals surface area contributed by atoms with Crippen LogP contribution < -0.4 is 15.8 Å². The molecule has 4 nitrogen and oxygen atoms in total. The van der Waals surface area contributed by atoms with Crippen molar-refractivity contribution in [1.29, 1.82) is 0 Å². The molecule has 0 aromatic heterocycles. The van der Waals surface area contributed by atoms with Crippen LogP contribution in [-0.2, 0) is 4.79 Å². The first-order valence-corrected chi connectivity index (χ1v) is 19.9. The van der Waals surface area contributed by atoms with Crippen molar-refractivity contribution < 1.29 is 9.59 Å². The highest BCUT2D eigenvalue weighted by molar-refractivity contribution is 6.25. The number of imide groups is 1. The predicted octanol–water partition coefficient (Wildman–Crippen LogP) is 10.1. The SMILES string of the molecule is C=C1/C(CC)=C(\CC)c2ccc3c(c2=C)=C(C(=O)N(CC(C)CCCCCCCC)C3=O)C(C)C1(C)NCC(C)CCCCCCCC. The van der Waals surface area contributed by atoms with Gasteiger partial charge in [0.25, 0.3) is 11.8 Å². The number of hydrogen-bond donors (Lipinski definition) is 1. The molecule has 0 saturated heterocycles. The Bertz CT molecular complexity index is 1400. The molecule has 2 aliphatic rings. The molecule has 1 aliphatic carbocycles. The Labute approximate surface area is 294 Å². The summed E-state index contributed by atoms with van der Waals surface area (Å²) < 4.78 is 0. The van der Waals surface area contributed by atoms with E-state index in [0.29, 0.717) is 18.0 Å². The summed E-state index contributed by atoms with van der Waals surface area (Å²) in [7, 11) is 0. The molecular formula is C44H70N2O2. The average molecular weight is 659 g/mol. The molecule has 4 atom stereocenters. The third-order valence-corrected chi connectivity index (χ3v) is 11.6. The summed E-state index contributed by atoms with van der Waals surface area (Å²) >= 11 is 0. The van der Waals surface area contributed by atoms with Crippen LogP contribution >= 0.6 is 0 Å². The number of allylic oxidation sites excluding steroid dienone is 1. The maximum atomic E-state index is 14.7. The molecule has 3 rings (SSSR count). The number of carbonyl (C=O) groups excluding carboxylic acids is 2. The first kappa shape index (κ1) is 40.0. The maximum Gasteiger partial charge on any atom is 0.261 e. The second-order valence-corrected chi connectivity index (χ2v) is 15.4. The molecule has 2 amide bonds. The number of fused-ring (bicyclic) bond motifs is 1. The molecular weight excluding hydrogens is 588 g/mol. The molecule has 268 valence electrons. The van der Waals surface area contributed by atoms with Gasteiger partial charge in [0, 0.05) is 34.4 Å². The van der Waals surface area contributed by atoms with E-state index in [0.717, 1.165) is 59.4 Å². The van der Waals surface area contributed by atoms with Crippen LogP contribution in [0.2, 0.25) is 0 Å². The van der Waals surface area contributed by atoms with E-state index in [2.05, 4.69) is 73.4 Å². The fraction of sp³-hybridized carbons (Fsp3) is 0.682. The Balaban J connectivity index is 2.00. The van der Waals surface area contributed by atoms with Gasteiger partial charge in [-0.3, -0.25) is 14.5 Å². The summed E-state index contributed by atoms with van der Waals surface area (Å²) in [6.45, 7) is 28.6. The standard InChI is InChI=1S/C44H70N2O2/c1-11-15-17-19-21-23-25-31(5)29-45-44(10)34(8)36(13-3)37(14-4)38-27-28-39-40(33(38)7)41(35(44)9)43(48)46(42(39)47)30-32(6)26-24-22-20-18-16-12-2/h27-28,31-32,35,45H,7-8,11-26,29-30H2,1-6,9-10H3/b37-36+. The van der Waals surface area contributed by atoms with Gasteiger partial charge in [-0.05, 0) is 84.6 Å². The van der Waals surface area contributed by atoms with Crippen LogP contribution in [-0.4, -0.2) is 35.3 Å². The van der Waals surface area contributed by atoms with E-state index in [1.54, 1.807) is 4.90 Å². The summed E-state index contributed by atoms with van der Waals surface area (Å²) in [6, 6.07) is 4.05. The van der Waals surface area contributed by atoms with Gasteiger partial charge in [0.1, 0.15) is 0 Å². The predicted molar refractivity (Wildman–Crippen MR) is 207 cm³/mol. The molecule has 4 heteroatoms. The van der Waals surface area contributed by atoms with Crippen molar-refractivity contribution >= 4 is 29.5 Å². The normalized spacial score (nSPS) is 22.5. The van der Waals surface area contributed by atoms with E-state index in [4.69, 9.17) is 6.58 Å². The van der Waals surface area contributed by atoms with Crippen LogP contribution in [0, 0.1) is 17.8 Å². The van der Waals surface area contributed by atoms with Crippen molar-refractivity contribution in [2.75, 3.05) is 13.1 Å². The quantitative estimate of drug-likeness (QED) is 0.106. The van der Waals surface area contributed by atoms with Crippen LogP contribution in [0.1, 0.15) is 174 Å². The van der Waals surface area contributed by atoms with Crippen LogP contribution in [0.25, 0.3) is 17.7 Å². The second kappa shape index (κ2) is 19.1. The van der Waals surface area contributed by atoms with Crippen molar-refractivity contribution in [3.05, 3.63) is 51.4 Å². The van der Waals surface area contributed by atoms with Gasteiger partial charge in [0.05, 0.1) is 0 Å². The van der Waals surface area contributed by atoms with Gasteiger partial charge in [0.2, 0.25) is 0 Å². The first-order valence-electron chi connectivity index (χ1n) is 19.9. The number of unbranched alkanes of at least 4 members (excludes halogenated alkanes) is 10. The summed E-state index contributed by atoms with van der Waals surface area (Å²) in [5, 5.41) is 5.58. The largest absolute Gasteiger partial charge is 0.307 e. The Morgan fingerprint density at radius 2 is 1.27 bits per heavy atom. The number of nitrogens with zero attached hydrogens (tertiary/aromatic N) is 1. The number of amides is 2. The zero-order valence-corrected chi connectivity index (χ0v) is 32.3. The minimum absolute atomic E-state index is 0.143. The number of benzene rings is 1. The number of nitrogens with one attached hydrogen (secondary N) is 1. The monoisotopic (exact) mass is 659 g/mol. The molecule has 1 aromatic rings. The van der Waals surface area contributed by atoms with Gasteiger partial charge in [-0.25, -0.2) is 0 Å². The zero-order chi connectivity index (χ0) is 35.4. The molecule has 1 N–H and O–H groups in total. The van der Waals surface area contributed by atoms with E-state index in [9.17, 15) is 9.59 Å². The third kappa shape index (κ3) is 9.20. The lowest BCUT2D eigenvalue weighted by molar-refractivity contribution is -0.124. The lowest BCUT2D eigenvalue weighted by atomic mass is 9.71. The summed E-state index contributed by atoms with van der Waals surface area (Å²) in [4.78, 5) is 30.4. The second-order valence-electron chi connectivity index (χ2n) is 15.4. The van der Waals surface area contributed by atoms with Gasteiger partial charge < -0.3 is 5.32 Å². The lowest BCUT2D eigenvalue weighted by Crippen LogP contribution is -2.57. The van der Waals surface area contributed by atoms with Crippen molar-refractivity contribution in [3.8, 4) is 0 Å². The fourth-order valence-corrected chi connectivity index (χ4v) is 8.21. The van der Waals surface area contributed by atoms with Crippen LogP contribution in [0.15, 0.2) is 29.9 Å². The molecule has 0 saturated carbocycles. The van der Waals surface area contributed by atoms with E-state index in [-0.39, 0.29) is 23.7 Å². The molecule has 1 aromatic carbocycles. The summed E-state index contributed by atoms with van der Waals surface area (Å²) in [6.07, 6.45) is 19.2. The molecule has 0 fully saturated rings. The van der Waals surface area contributed by atoms with E-state index >= 15 is 0 Å². The van der Waals surface area contributed by atoms with Crippen LogP contribution in [0.5, 0.6) is 0 Å². The lowest BCUT2D eigenvalue weighted by Gasteiger charge is -2.43. The van der Waals surface area contributed by atoms with Crippen LogP contribution in [0.4, 0.5) is 0 Å². The van der Waals surface area contributed by atoms with Crippen molar-refractivity contribution in [1.82, 2.24) is 10.2 Å². The Morgan fingerprint density at radius 3 is 1.83 bits per heavy atom. The molecule has 0 radical (unpaired) electrons. The summed E-state index contributed by atoms with van der Waals surface area (Å²) in [5.74, 6) is 0.230. The van der Waals surface area contributed by atoms with Crippen molar-refractivity contribution in [3.63, 3.8) is 0 Å². The highest BCUT2D eigenvalue weighted by Crippen LogP contribution is 2.41. The van der Waals surface area contributed by atoms with Gasteiger partial charge in [-0.1, -0.05) is 145 Å². The Morgan fingerprint density at radius 1 is 0.750 bits per heavy atom. The van der Waals surface area contributed by atoms with E-state index in [1.807, 2.05) is 6.07 Å². The molecule has 1 heterocycles. The fourth-order valence-electron chi connectivity index (χ4n) is 8.21. The third-order valence-electron chi connectivity index (χ3n) is 11.6. The molecule has 0 spiro atoms. The van der Waals surface area contributed by atoms with Gasteiger partial charge in [-0.15, -0.1) is 0 Å². The molecule has 1 aliphatic heterocycles. The van der Waals surface area contributed by atoms with E-state index in [1.165, 1.54) is 88.2 Å². The Hall–Kier alpha value is -2.46. The van der Waals surface area contributed by atoms with Crippen molar-refractivity contribution in [2.24, 2.45) is 17.8 Å². The molecule has 48 heavy (non-hydrogen) atoms. The molecule has 4 unspecified atom stereocenters. The van der Waals surface area contributed by atoms with Crippen molar-refractivity contribution in [2.45, 2.75) is 164 Å². The zero-order valence-electron chi connectivity index (χ0n) is 32.3. The summed E-state index contributed by atoms with van der Waals surface area (Å²) in [5.41, 5.74) is 5.35. The Kier molecular flexibility index (Phi) is 15.9. The maximum absolute atomic E-state index is 14.7. The minimum Gasteiger partial charge on any atom is -0.307 e. The number of rotatable bonds is 21. The molecule has 2 bridgehead atoms. The smallest absolute Gasteiger partial charge is 0.261 e. The first-order chi connectivity index (χ1) is 23.0. The van der Waals surface area contributed by atoms with E-state index < -0.39 is 5.54 Å².